The molecule has 0 aliphatic rings. The van der Waals surface area contributed by atoms with Gasteiger partial charge < -0.3 is 15.7 Å². The monoisotopic (exact) mass is 306 g/mol. The predicted molar refractivity (Wildman–Crippen MR) is 86.7 cm³/mol. The third-order valence-electron chi connectivity index (χ3n) is 3.43. The first kappa shape index (κ1) is 18.2. The van der Waals surface area contributed by atoms with Crippen LogP contribution in [0.3, 0.4) is 0 Å². The van der Waals surface area contributed by atoms with Gasteiger partial charge in [0.15, 0.2) is 0 Å². The summed E-state index contributed by atoms with van der Waals surface area (Å²) < 4.78 is 0. The number of hydrogen-bond donors (Lipinski definition) is 3. The van der Waals surface area contributed by atoms with Crippen LogP contribution in [0.2, 0.25) is 0 Å². The summed E-state index contributed by atoms with van der Waals surface area (Å²) in [6, 6.07) is 5.57. The molecule has 0 saturated carbocycles. The summed E-state index contributed by atoms with van der Waals surface area (Å²) in [6.07, 6.45) is 0.0826. The lowest BCUT2D eigenvalue weighted by molar-refractivity contribution is -0.120. The third-order valence-corrected chi connectivity index (χ3v) is 3.43. The molecule has 22 heavy (non-hydrogen) atoms. The van der Waals surface area contributed by atoms with Crippen molar-refractivity contribution in [3.05, 3.63) is 34.9 Å². The number of hydrogen-bond acceptors (Lipinski definition) is 3. The Balaban J connectivity index is 2.36. The van der Waals surface area contributed by atoms with Gasteiger partial charge in [0, 0.05) is 12.1 Å². The van der Waals surface area contributed by atoms with Gasteiger partial charge in [-0.3, -0.25) is 9.59 Å². The number of nitrogens with one attached hydrogen (secondary N) is 2. The molecule has 2 amide bonds. The lowest BCUT2D eigenvalue weighted by Gasteiger charge is -2.14. The van der Waals surface area contributed by atoms with Crippen molar-refractivity contribution in [2.75, 3.05) is 13.1 Å². The van der Waals surface area contributed by atoms with Crippen LogP contribution in [0.1, 0.15) is 41.8 Å². The zero-order valence-electron chi connectivity index (χ0n) is 13.8. The van der Waals surface area contributed by atoms with E-state index in [4.69, 9.17) is 0 Å². The van der Waals surface area contributed by atoms with Crippen LogP contribution in [0.4, 0.5) is 0 Å². The normalized spacial score (nSPS) is 12.1. The minimum Gasteiger partial charge on any atom is -0.393 e. The predicted octanol–water partition coefficient (Wildman–Crippen LogP) is 1.56. The molecule has 0 aromatic heterocycles. The Bertz CT molecular complexity index is 506. The molecular weight excluding hydrogens is 280 g/mol. The van der Waals surface area contributed by atoms with Crippen molar-refractivity contribution < 1.29 is 14.7 Å². The van der Waals surface area contributed by atoms with Gasteiger partial charge in [-0.25, -0.2) is 0 Å². The standard InChI is InChI=1S/C17H26N2O3/c1-11(2)15(20)5-6-18-16(21)10-19-17(22)14-8-12(3)7-13(4)9-14/h7-9,11,15,20H,5-6,10H2,1-4H3,(H,18,21)(H,19,22). The van der Waals surface area contributed by atoms with E-state index in [0.29, 0.717) is 18.5 Å². The number of benzene rings is 1. The maximum atomic E-state index is 12.0. The van der Waals surface area contributed by atoms with E-state index in [2.05, 4.69) is 10.6 Å². The SMILES string of the molecule is Cc1cc(C)cc(C(=O)NCC(=O)NCCC(O)C(C)C)c1. The molecule has 0 heterocycles. The quantitative estimate of drug-likeness (QED) is 0.715. The molecule has 0 bridgehead atoms. The van der Waals surface area contributed by atoms with E-state index in [-0.39, 0.29) is 24.3 Å². The average molecular weight is 306 g/mol. The van der Waals surface area contributed by atoms with E-state index in [1.54, 1.807) is 12.1 Å². The van der Waals surface area contributed by atoms with E-state index in [1.165, 1.54) is 0 Å². The summed E-state index contributed by atoms with van der Waals surface area (Å²) >= 11 is 0. The van der Waals surface area contributed by atoms with Crippen molar-refractivity contribution >= 4 is 11.8 Å². The van der Waals surface area contributed by atoms with Gasteiger partial charge in [-0.2, -0.15) is 0 Å². The fraction of sp³-hybridized carbons (Fsp3) is 0.529. The molecule has 0 saturated heterocycles. The molecule has 1 unspecified atom stereocenters. The van der Waals surface area contributed by atoms with Crippen molar-refractivity contribution in [1.82, 2.24) is 10.6 Å². The van der Waals surface area contributed by atoms with Gasteiger partial charge in [0.25, 0.3) is 5.91 Å². The highest BCUT2D eigenvalue weighted by molar-refractivity contribution is 5.96. The van der Waals surface area contributed by atoms with Gasteiger partial charge >= 0.3 is 0 Å². The fourth-order valence-electron chi connectivity index (χ4n) is 2.12. The number of rotatable bonds is 7. The van der Waals surface area contributed by atoms with Crippen molar-refractivity contribution in [3.63, 3.8) is 0 Å². The Labute approximate surface area is 132 Å². The molecule has 0 radical (unpaired) electrons. The highest BCUT2D eigenvalue weighted by Crippen LogP contribution is 2.08. The summed E-state index contributed by atoms with van der Waals surface area (Å²) in [6.45, 7) is 8.04. The summed E-state index contributed by atoms with van der Waals surface area (Å²) in [5.74, 6) is -0.348. The van der Waals surface area contributed by atoms with E-state index in [0.717, 1.165) is 11.1 Å². The molecule has 5 nitrogen and oxygen atoms in total. The lowest BCUT2D eigenvalue weighted by atomic mass is 10.0. The number of aliphatic hydroxyl groups excluding tert-OH is 1. The number of aryl methyl sites for hydroxylation is 2. The van der Waals surface area contributed by atoms with Gasteiger partial charge in [0.05, 0.1) is 12.6 Å². The minimum absolute atomic E-state index is 0.0659. The molecule has 1 atom stereocenters. The van der Waals surface area contributed by atoms with Crippen LogP contribution < -0.4 is 10.6 Å². The second-order valence-electron chi connectivity index (χ2n) is 6.01. The molecule has 1 aromatic rings. The summed E-state index contributed by atoms with van der Waals surface area (Å²) in [5.41, 5.74) is 2.58. The Morgan fingerprint density at radius 3 is 2.23 bits per heavy atom. The van der Waals surface area contributed by atoms with Crippen molar-refractivity contribution in [3.8, 4) is 0 Å². The molecule has 0 fully saturated rings. The van der Waals surface area contributed by atoms with Crippen molar-refractivity contribution in [2.24, 2.45) is 5.92 Å². The Morgan fingerprint density at radius 2 is 1.68 bits per heavy atom. The molecule has 0 aliphatic carbocycles. The zero-order chi connectivity index (χ0) is 16.7. The second kappa shape index (κ2) is 8.54. The largest absolute Gasteiger partial charge is 0.393 e. The Morgan fingerprint density at radius 1 is 1.09 bits per heavy atom. The van der Waals surface area contributed by atoms with Crippen LogP contribution in [0.25, 0.3) is 0 Å². The van der Waals surface area contributed by atoms with Crippen LogP contribution in [0, 0.1) is 19.8 Å². The smallest absolute Gasteiger partial charge is 0.251 e. The topological polar surface area (TPSA) is 78.4 Å². The number of amides is 2. The van der Waals surface area contributed by atoms with Crippen LogP contribution in [0.15, 0.2) is 18.2 Å². The lowest BCUT2D eigenvalue weighted by Crippen LogP contribution is -2.38. The molecule has 0 aliphatic heterocycles. The summed E-state index contributed by atoms with van der Waals surface area (Å²) in [7, 11) is 0. The molecule has 0 spiro atoms. The van der Waals surface area contributed by atoms with E-state index in [1.807, 2.05) is 33.8 Å². The molecule has 1 rings (SSSR count). The van der Waals surface area contributed by atoms with Crippen molar-refractivity contribution in [2.45, 2.75) is 40.2 Å². The first-order chi connectivity index (χ1) is 10.3. The Kier molecular flexibility index (Phi) is 7.05. The zero-order valence-corrected chi connectivity index (χ0v) is 13.8. The van der Waals surface area contributed by atoms with Crippen LogP contribution in [-0.2, 0) is 4.79 Å². The molecule has 3 N–H and O–H groups in total. The number of carbonyl (C=O) groups is 2. The first-order valence-corrected chi connectivity index (χ1v) is 7.61. The van der Waals surface area contributed by atoms with E-state index >= 15 is 0 Å². The van der Waals surface area contributed by atoms with Gasteiger partial charge in [0.2, 0.25) is 5.91 Å². The average Bonchev–Trinajstić information content (AvgIpc) is 2.43. The van der Waals surface area contributed by atoms with E-state index < -0.39 is 6.10 Å². The minimum atomic E-state index is -0.426. The summed E-state index contributed by atoms with van der Waals surface area (Å²) in [5, 5.41) is 14.9. The van der Waals surface area contributed by atoms with Crippen LogP contribution >= 0.6 is 0 Å². The fourth-order valence-corrected chi connectivity index (χ4v) is 2.12. The number of carbonyl (C=O) groups excluding carboxylic acids is 2. The third kappa shape index (κ3) is 6.26. The van der Waals surface area contributed by atoms with Gasteiger partial charge in [-0.05, 0) is 38.3 Å². The van der Waals surface area contributed by atoms with Crippen molar-refractivity contribution in [1.29, 1.82) is 0 Å². The van der Waals surface area contributed by atoms with Crippen LogP contribution in [-0.4, -0.2) is 36.1 Å². The highest BCUT2D eigenvalue weighted by Gasteiger charge is 2.11. The first-order valence-electron chi connectivity index (χ1n) is 7.61. The molecular formula is C17H26N2O3. The Hall–Kier alpha value is -1.88. The summed E-state index contributed by atoms with van der Waals surface area (Å²) in [4.78, 5) is 23.7. The maximum Gasteiger partial charge on any atom is 0.251 e. The number of aliphatic hydroxyl groups is 1. The molecule has 122 valence electrons. The van der Waals surface area contributed by atoms with Gasteiger partial charge in [-0.1, -0.05) is 31.0 Å². The van der Waals surface area contributed by atoms with E-state index in [9.17, 15) is 14.7 Å². The molecule has 1 aromatic carbocycles. The van der Waals surface area contributed by atoms with Gasteiger partial charge in [0.1, 0.15) is 0 Å². The molecule has 5 heteroatoms. The second-order valence-corrected chi connectivity index (χ2v) is 6.01. The van der Waals surface area contributed by atoms with Crippen LogP contribution in [0.5, 0.6) is 0 Å². The maximum absolute atomic E-state index is 12.0. The van der Waals surface area contributed by atoms with Gasteiger partial charge in [-0.15, -0.1) is 0 Å². The highest BCUT2D eigenvalue weighted by atomic mass is 16.3.